The summed E-state index contributed by atoms with van der Waals surface area (Å²) in [6, 6.07) is 19.1. The van der Waals surface area contributed by atoms with Crippen molar-refractivity contribution >= 4 is 39.1 Å². The van der Waals surface area contributed by atoms with E-state index in [4.69, 9.17) is 28.9 Å². The van der Waals surface area contributed by atoms with Crippen molar-refractivity contribution < 1.29 is 13.2 Å². The molecule has 5 nitrogen and oxygen atoms in total. The molecule has 2 atom stereocenters. The molecule has 0 unspecified atom stereocenters. The van der Waals surface area contributed by atoms with Crippen LogP contribution in [-0.4, -0.2) is 18.6 Å². The highest BCUT2D eigenvalue weighted by Crippen LogP contribution is 2.46. The SMILES string of the molecule is Cc1ccccc1S(=O)(=O)N1[C@@H](c2cccc(Cl)c2)C(C(N)=O)=CC[C@H]1c1ccc(Cl)cc1. The van der Waals surface area contributed by atoms with Gasteiger partial charge in [-0.3, -0.25) is 4.79 Å². The van der Waals surface area contributed by atoms with Gasteiger partial charge in [-0.2, -0.15) is 4.31 Å². The number of halogens is 2. The number of carbonyl (C=O) groups is 1. The maximum Gasteiger partial charge on any atom is 0.246 e. The molecule has 4 rings (SSSR count). The Morgan fingerprint density at radius 1 is 0.939 bits per heavy atom. The van der Waals surface area contributed by atoms with Crippen molar-refractivity contribution in [3.05, 3.63) is 111 Å². The summed E-state index contributed by atoms with van der Waals surface area (Å²) < 4.78 is 29.7. The number of benzene rings is 3. The summed E-state index contributed by atoms with van der Waals surface area (Å²) in [6.45, 7) is 1.74. The van der Waals surface area contributed by atoms with E-state index in [9.17, 15) is 13.2 Å². The number of aryl methyl sites for hydroxylation is 1. The first kappa shape index (κ1) is 23.5. The van der Waals surface area contributed by atoms with Gasteiger partial charge in [-0.1, -0.05) is 71.7 Å². The van der Waals surface area contributed by atoms with Gasteiger partial charge in [0, 0.05) is 15.6 Å². The summed E-state index contributed by atoms with van der Waals surface area (Å²) in [7, 11) is -4.07. The van der Waals surface area contributed by atoms with Crippen LogP contribution < -0.4 is 5.73 Å². The second kappa shape index (κ2) is 9.31. The molecule has 0 radical (unpaired) electrons. The summed E-state index contributed by atoms with van der Waals surface area (Å²) in [6.07, 6.45) is 2.00. The molecule has 1 aliphatic rings. The molecule has 2 N–H and O–H groups in total. The Kier molecular flexibility index (Phi) is 6.64. The van der Waals surface area contributed by atoms with Gasteiger partial charge in [-0.05, 0) is 60.4 Å². The molecular weight excluding hydrogens is 479 g/mol. The summed E-state index contributed by atoms with van der Waals surface area (Å²) in [5, 5.41) is 0.973. The molecule has 1 heterocycles. The zero-order valence-corrected chi connectivity index (χ0v) is 20.1. The lowest BCUT2D eigenvalue weighted by atomic mass is 9.89. The van der Waals surface area contributed by atoms with Crippen molar-refractivity contribution in [2.75, 3.05) is 0 Å². The van der Waals surface area contributed by atoms with E-state index in [0.717, 1.165) is 5.56 Å². The van der Waals surface area contributed by atoms with Gasteiger partial charge in [0.15, 0.2) is 0 Å². The maximum atomic E-state index is 14.2. The molecule has 0 aromatic heterocycles. The average Bonchev–Trinajstić information content (AvgIpc) is 2.78. The Hall–Kier alpha value is -2.64. The van der Waals surface area contributed by atoms with Gasteiger partial charge in [0.05, 0.1) is 17.0 Å². The Balaban J connectivity index is 2.00. The molecule has 1 amide bonds. The fraction of sp³-hybridized carbons (Fsp3) is 0.160. The van der Waals surface area contributed by atoms with Crippen molar-refractivity contribution in [1.82, 2.24) is 4.31 Å². The predicted molar refractivity (Wildman–Crippen MR) is 130 cm³/mol. The van der Waals surface area contributed by atoms with Gasteiger partial charge in [0.25, 0.3) is 0 Å². The van der Waals surface area contributed by atoms with Crippen LogP contribution >= 0.6 is 23.2 Å². The number of amides is 1. The van der Waals surface area contributed by atoms with Crippen molar-refractivity contribution in [3.63, 3.8) is 0 Å². The third kappa shape index (κ3) is 4.57. The van der Waals surface area contributed by atoms with Crippen LogP contribution in [0.5, 0.6) is 0 Å². The molecule has 0 aliphatic carbocycles. The standard InChI is InChI=1S/C25H22Cl2N2O3S/c1-16-5-2-3-8-23(16)33(31,32)29-22(17-9-11-19(26)12-10-17)14-13-21(25(28)30)24(29)18-6-4-7-20(27)15-18/h2-13,15,22,24H,14H2,1H3,(H2,28,30)/t22-,24-/m0/s1. The highest BCUT2D eigenvalue weighted by molar-refractivity contribution is 7.89. The molecule has 0 bridgehead atoms. The molecule has 0 saturated carbocycles. The Bertz CT molecular complexity index is 1340. The smallest absolute Gasteiger partial charge is 0.246 e. The predicted octanol–water partition coefficient (Wildman–Crippen LogP) is 5.59. The van der Waals surface area contributed by atoms with E-state index >= 15 is 0 Å². The number of carbonyl (C=O) groups excluding carboxylic acids is 1. The number of hydrogen-bond donors (Lipinski definition) is 1. The summed E-state index contributed by atoms with van der Waals surface area (Å²) in [5.74, 6) is -0.681. The highest BCUT2D eigenvalue weighted by Gasteiger charge is 2.44. The monoisotopic (exact) mass is 500 g/mol. The Morgan fingerprint density at radius 2 is 1.64 bits per heavy atom. The van der Waals surface area contributed by atoms with Crippen LogP contribution in [0.25, 0.3) is 0 Å². The van der Waals surface area contributed by atoms with E-state index in [1.54, 1.807) is 85.8 Å². The first-order valence-corrected chi connectivity index (χ1v) is 12.5. The second-order valence-electron chi connectivity index (χ2n) is 7.88. The third-order valence-electron chi connectivity index (χ3n) is 5.77. The minimum absolute atomic E-state index is 0.168. The van der Waals surface area contributed by atoms with Crippen molar-refractivity contribution in [2.45, 2.75) is 30.3 Å². The van der Waals surface area contributed by atoms with E-state index in [2.05, 4.69) is 0 Å². The lowest BCUT2D eigenvalue weighted by Gasteiger charge is -2.41. The molecule has 0 saturated heterocycles. The molecule has 0 spiro atoms. The van der Waals surface area contributed by atoms with Crippen LogP contribution in [-0.2, 0) is 14.8 Å². The Morgan fingerprint density at radius 3 is 2.27 bits per heavy atom. The molecule has 3 aromatic rings. The topological polar surface area (TPSA) is 80.5 Å². The van der Waals surface area contributed by atoms with Gasteiger partial charge in [-0.15, -0.1) is 0 Å². The van der Waals surface area contributed by atoms with Crippen LogP contribution in [0, 0.1) is 6.92 Å². The number of hydrogen-bond acceptors (Lipinski definition) is 3. The minimum atomic E-state index is -4.07. The molecule has 8 heteroatoms. The third-order valence-corrected chi connectivity index (χ3v) is 8.29. The first-order chi connectivity index (χ1) is 15.7. The Labute approximate surface area is 203 Å². The number of sulfonamides is 1. The minimum Gasteiger partial charge on any atom is -0.366 e. The van der Waals surface area contributed by atoms with E-state index < -0.39 is 28.0 Å². The van der Waals surface area contributed by atoms with Crippen molar-refractivity contribution in [2.24, 2.45) is 5.73 Å². The van der Waals surface area contributed by atoms with Gasteiger partial charge in [-0.25, -0.2) is 8.42 Å². The van der Waals surface area contributed by atoms with E-state index in [1.807, 2.05) is 0 Å². The van der Waals surface area contributed by atoms with Gasteiger partial charge < -0.3 is 5.73 Å². The molecule has 33 heavy (non-hydrogen) atoms. The number of nitrogens with two attached hydrogens (primary N) is 1. The number of rotatable bonds is 5. The highest BCUT2D eigenvalue weighted by atomic mass is 35.5. The summed E-state index contributed by atoms with van der Waals surface area (Å²) in [4.78, 5) is 12.6. The lowest BCUT2D eigenvalue weighted by molar-refractivity contribution is -0.115. The van der Waals surface area contributed by atoms with Gasteiger partial charge >= 0.3 is 0 Å². The van der Waals surface area contributed by atoms with Crippen molar-refractivity contribution in [1.29, 1.82) is 0 Å². The zero-order chi connectivity index (χ0) is 23.8. The maximum absolute atomic E-state index is 14.2. The summed E-state index contributed by atoms with van der Waals surface area (Å²) in [5.41, 5.74) is 7.86. The summed E-state index contributed by atoms with van der Waals surface area (Å²) >= 11 is 12.3. The normalized spacial score (nSPS) is 19.2. The van der Waals surface area contributed by atoms with Gasteiger partial charge in [0.1, 0.15) is 0 Å². The van der Waals surface area contributed by atoms with E-state index in [-0.39, 0.29) is 16.9 Å². The zero-order valence-electron chi connectivity index (χ0n) is 17.8. The molecule has 1 aliphatic heterocycles. The van der Waals surface area contributed by atoms with Crippen LogP contribution in [0.3, 0.4) is 0 Å². The van der Waals surface area contributed by atoms with E-state index in [1.165, 1.54) is 4.31 Å². The van der Waals surface area contributed by atoms with Gasteiger partial charge in [0.2, 0.25) is 15.9 Å². The molecule has 170 valence electrons. The molecule has 0 fully saturated rings. The number of primary amides is 1. The molecular formula is C25H22Cl2N2O3S. The van der Waals surface area contributed by atoms with Crippen molar-refractivity contribution in [3.8, 4) is 0 Å². The first-order valence-electron chi connectivity index (χ1n) is 10.3. The van der Waals surface area contributed by atoms with Crippen LogP contribution in [0.4, 0.5) is 0 Å². The van der Waals surface area contributed by atoms with Crippen LogP contribution in [0.2, 0.25) is 10.0 Å². The quantitative estimate of drug-likeness (QED) is 0.495. The van der Waals surface area contributed by atoms with E-state index in [0.29, 0.717) is 21.2 Å². The van der Waals surface area contributed by atoms with Crippen LogP contribution in [0.15, 0.2) is 89.3 Å². The number of nitrogens with zero attached hydrogens (tertiary/aromatic N) is 1. The largest absolute Gasteiger partial charge is 0.366 e. The fourth-order valence-electron chi connectivity index (χ4n) is 4.24. The lowest BCUT2D eigenvalue weighted by Crippen LogP contribution is -2.43. The average molecular weight is 501 g/mol. The second-order valence-corrected chi connectivity index (χ2v) is 10.6. The fourth-order valence-corrected chi connectivity index (χ4v) is 6.58. The molecule has 3 aromatic carbocycles. The van der Waals surface area contributed by atoms with Crippen LogP contribution in [0.1, 0.15) is 35.2 Å².